The third kappa shape index (κ3) is 3.88. The van der Waals surface area contributed by atoms with Crippen LogP contribution in [0.25, 0.3) is 11.8 Å². The molecule has 1 saturated carbocycles. The summed E-state index contributed by atoms with van der Waals surface area (Å²) < 4.78 is 18.2. The molecule has 1 amide bonds. The van der Waals surface area contributed by atoms with E-state index in [1.165, 1.54) is 17.7 Å². The fraction of sp³-hybridized carbons (Fsp3) is 0.333. The van der Waals surface area contributed by atoms with Gasteiger partial charge in [0.1, 0.15) is 5.82 Å². The number of halogens is 2. The monoisotopic (exact) mass is 572 g/mol. The van der Waals surface area contributed by atoms with E-state index < -0.39 is 5.60 Å². The molecule has 178 valence electrons. The van der Waals surface area contributed by atoms with Crippen molar-refractivity contribution in [1.29, 1.82) is 0 Å². The molecule has 0 radical (unpaired) electrons. The van der Waals surface area contributed by atoms with Gasteiger partial charge in [0.25, 0.3) is 0 Å². The first-order chi connectivity index (χ1) is 16.3. The Labute approximate surface area is 209 Å². The van der Waals surface area contributed by atoms with Crippen molar-refractivity contribution in [1.82, 2.24) is 13.3 Å². The molecule has 0 saturated heterocycles. The predicted octanol–water partition coefficient (Wildman–Crippen LogP) is 1.48. The van der Waals surface area contributed by atoms with Crippen LogP contribution in [0.3, 0.4) is 0 Å². The Kier molecular flexibility index (Phi) is 6.10. The summed E-state index contributed by atoms with van der Waals surface area (Å²) in [6.07, 6.45) is 7.49. The zero-order chi connectivity index (χ0) is 23.9. The maximum atomic E-state index is 13.4. The van der Waals surface area contributed by atoms with Crippen LogP contribution in [0.1, 0.15) is 53.4 Å². The number of aromatic nitrogens is 2. The predicted molar refractivity (Wildman–Crippen MR) is 126 cm³/mol. The number of nitrogens with one attached hydrogen (secondary N) is 1. The summed E-state index contributed by atoms with van der Waals surface area (Å²) in [4.78, 5) is 14.5. The van der Waals surface area contributed by atoms with Crippen molar-refractivity contribution in [2.75, 3.05) is 4.93 Å². The van der Waals surface area contributed by atoms with Crippen LogP contribution in [0.15, 0.2) is 60.3 Å². The molecule has 7 heteroatoms. The van der Waals surface area contributed by atoms with Crippen LogP contribution < -0.4 is 25.0 Å². The van der Waals surface area contributed by atoms with Crippen LogP contribution in [-0.2, 0) is 12.8 Å². The van der Waals surface area contributed by atoms with E-state index in [-0.39, 0.29) is 38.6 Å². The van der Waals surface area contributed by atoms with Crippen LogP contribution >= 0.6 is 0 Å². The van der Waals surface area contributed by atoms with Crippen molar-refractivity contribution in [3.63, 3.8) is 0 Å². The number of nitrogens with zero attached hydrogens (tertiary/aromatic N) is 2. The molecule has 2 aromatic carbocycles. The van der Waals surface area contributed by atoms with Crippen molar-refractivity contribution < 1.29 is 35.8 Å². The van der Waals surface area contributed by atoms with Gasteiger partial charge >= 0.3 is 170 Å². The number of hydrogen-bond donors (Lipinski definition) is 2. The molecule has 0 aliphatic heterocycles. The Hall–Kier alpha value is -2.52. The average Bonchev–Trinajstić information content (AvgIpc) is 3.35. The summed E-state index contributed by atoms with van der Waals surface area (Å²) in [5.41, 5.74) is 4.58. The summed E-state index contributed by atoms with van der Waals surface area (Å²) in [5, 5.41) is 16.5. The van der Waals surface area contributed by atoms with Gasteiger partial charge in [0.15, 0.2) is 0 Å². The quantitative estimate of drug-likeness (QED) is 0.267. The van der Waals surface area contributed by atoms with Crippen LogP contribution in [-0.4, -0.2) is 31.3 Å². The van der Waals surface area contributed by atoms with Crippen LogP contribution in [0.2, 0.25) is 0 Å². The number of benzene rings is 2. The Bertz CT molecular complexity index is 1270. The van der Waals surface area contributed by atoms with Crippen molar-refractivity contribution in [3.8, 4) is 5.69 Å². The van der Waals surface area contributed by atoms with Gasteiger partial charge in [-0.05, 0) is 24.3 Å². The van der Waals surface area contributed by atoms with Crippen LogP contribution in [0, 0.1) is 11.2 Å². The van der Waals surface area contributed by atoms with E-state index >= 15 is 0 Å². The minimum absolute atomic E-state index is 0.0216. The van der Waals surface area contributed by atoms with E-state index in [1.807, 2.05) is 40.1 Å². The third-order valence-electron chi connectivity index (χ3n) is 7.61. The first-order valence-corrected chi connectivity index (χ1v) is 14.7. The Morgan fingerprint density at radius 3 is 2.76 bits per heavy atom. The van der Waals surface area contributed by atoms with E-state index in [0.717, 1.165) is 28.9 Å². The zero-order valence-corrected chi connectivity index (χ0v) is 21.5. The topological polar surface area (TPSA) is 67.2 Å². The van der Waals surface area contributed by atoms with Gasteiger partial charge in [0.05, 0.1) is 5.69 Å². The molecule has 0 unspecified atom stereocenters. The zero-order valence-electron chi connectivity index (χ0n) is 19.3. The second kappa shape index (κ2) is 8.92. The van der Waals surface area contributed by atoms with E-state index in [4.69, 9.17) is 0 Å². The molecular weight excluding hydrogens is 544 g/mol. The molecule has 2 aliphatic rings. The molecule has 3 aromatic rings. The fourth-order valence-corrected chi connectivity index (χ4v) is 6.34. The number of aliphatic hydroxyl groups is 1. The number of carbonyl (C=O) groups is 1. The number of hydrogen-bond acceptors (Lipinski definition) is 3. The van der Waals surface area contributed by atoms with Crippen molar-refractivity contribution in [2.24, 2.45) is 5.41 Å². The number of rotatable bonds is 6. The SMILES string of the molecule is C[I-]NC(=O)c1ccccc1CC[C@]1(O)CCC2=Cc3c(cnn3-c3ccc(F)cc3)C[C@@]21C. The second-order valence-corrected chi connectivity index (χ2v) is 11.0. The normalized spacial score (nSPS) is 23.4. The molecule has 5 nitrogen and oxygen atoms in total. The maximum absolute atomic E-state index is 13.4. The van der Waals surface area contributed by atoms with Gasteiger partial charge < -0.3 is 0 Å². The van der Waals surface area contributed by atoms with Crippen molar-refractivity contribution >= 4 is 12.0 Å². The number of alkyl halides is 1. The fourth-order valence-electron chi connectivity index (χ4n) is 5.56. The molecule has 5 rings (SSSR count). The minimum atomic E-state index is -0.865. The molecular formula is C27H28FIN3O2-. The Morgan fingerprint density at radius 2 is 2.00 bits per heavy atom. The molecule has 0 spiro atoms. The van der Waals surface area contributed by atoms with Gasteiger partial charge in [0.2, 0.25) is 0 Å². The molecule has 2 aliphatic carbocycles. The van der Waals surface area contributed by atoms with Gasteiger partial charge in [-0.25, -0.2) is 4.39 Å². The standard InChI is InChI=1S/C27H28FIN3O2/c1-26-16-19-17-30-32(22-9-7-21(28)8-10-22)24(19)15-20(26)12-14-27(26,34)13-11-18-5-3-4-6-23(18)25(33)31-29-2/h3-10,15,17,34H,11-14,16H2,1-2H3,(H,31,33)/q-1/t26-,27-/m0/s1. The molecule has 1 heterocycles. The van der Waals surface area contributed by atoms with E-state index in [2.05, 4.69) is 21.6 Å². The van der Waals surface area contributed by atoms with Gasteiger partial charge in [-0.1, -0.05) is 0 Å². The van der Waals surface area contributed by atoms with Gasteiger partial charge in [-0.3, -0.25) is 0 Å². The van der Waals surface area contributed by atoms with Gasteiger partial charge in [-0.2, -0.15) is 0 Å². The number of fused-ring (bicyclic) bond motifs is 2. The molecule has 2 atom stereocenters. The molecule has 0 bridgehead atoms. The van der Waals surface area contributed by atoms with E-state index in [0.29, 0.717) is 31.2 Å². The molecule has 2 N–H and O–H groups in total. The first kappa shape index (κ1) is 23.2. The molecule has 34 heavy (non-hydrogen) atoms. The number of aryl methyl sites for hydroxylation is 1. The summed E-state index contributed by atoms with van der Waals surface area (Å²) in [6.45, 7) is 2.16. The molecule has 1 aromatic heterocycles. The average molecular weight is 572 g/mol. The number of carbonyl (C=O) groups excluding carboxylic acids is 1. The van der Waals surface area contributed by atoms with Crippen molar-refractivity contribution in [3.05, 3.63) is 88.5 Å². The van der Waals surface area contributed by atoms with E-state index in [1.54, 1.807) is 12.1 Å². The summed E-state index contributed by atoms with van der Waals surface area (Å²) in [7, 11) is 0. The first-order valence-electron chi connectivity index (χ1n) is 11.5. The van der Waals surface area contributed by atoms with Gasteiger partial charge in [0, 0.05) is 0 Å². The molecule has 1 fully saturated rings. The third-order valence-corrected chi connectivity index (χ3v) is 8.64. The van der Waals surface area contributed by atoms with Crippen LogP contribution in [0.5, 0.6) is 0 Å². The summed E-state index contributed by atoms with van der Waals surface area (Å²) in [6, 6.07) is 14.0. The van der Waals surface area contributed by atoms with Gasteiger partial charge in [-0.15, -0.1) is 0 Å². The Balaban J connectivity index is 1.41. The number of amides is 1. The summed E-state index contributed by atoms with van der Waals surface area (Å²) in [5.74, 6) is -0.293. The van der Waals surface area contributed by atoms with E-state index in [9.17, 15) is 14.3 Å². The Morgan fingerprint density at radius 1 is 1.24 bits per heavy atom. The van der Waals surface area contributed by atoms with Crippen molar-refractivity contribution in [2.45, 2.75) is 44.6 Å². The summed E-state index contributed by atoms with van der Waals surface area (Å²) >= 11 is -0.345. The second-order valence-electron chi connectivity index (χ2n) is 9.42. The van der Waals surface area contributed by atoms with Crippen LogP contribution in [0.4, 0.5) is 4.39 Å².